The predicted octanol–water partition coefficient (Wildman–Crippen LogP) is 2.29. The summed E-state index contributed by atoms with van der Waals surface area (Å²) in [6.45, 7) is 4.61. The van der Waals surface area contributed by atoms with Crippen LogP contribution in [0.15, 0.2) is 23.1 Å². The number of carbonyl (C=O) groups excluding carboxylic acids is 1. The van der Waals surface area contributed by atoms with Crippen molar-refractivity contribution in [2.24, 2.45) is 11.3 Å². The Morgan fingerprint density at radius 3 is 2.86 bits per heavy atom. The minimum atomic E-state index is -0.424. The van der Waals surface area contributed by atoms with Crippen LogP contribution < -0.4 is 5.56 Å². The molecule has 0 spiro atoms. The van der Waals surface area contributed by atoms with E-state index in [1.165, 1.54) is 12.8 Å². The third kappa shape index (κ3) is 1.95. The molecule has 0 N–H and O–H groups in total. The second kappa shape index (κ2) is 4.41. The number of fused-ring (bicyclic) bond motifs is 2. The van der Waals surface area contributed by atoms with E-state index in [0.717, 1.165) is 12.5 Å². The summed E-state index contributed by atoms with van der Waals surface area (Å²) in [7, 11) is 0. The van der Waals surface area contributed by atoms with Gasteiger partial charge in [-0.15, -0.1) is 0 Å². The third-order valence-electron chi connectivity index (χ3n) is 4.98. The lowest BCUT2D eigenvalue weighted by Crippen LogP contribution is -2.23. The van der Waals surface area contributed by atoms with Gasteiger partial charge in [0.1, 0.15) is 0 Å². The SMILES string of the molecule is CCOC(=O)c1cc2c(=O)n(CC34CC3C4)ccc2nc1C. The van der Waals surface area contributed by atoms with E-state index < -0.39 is 5.97 Å². The predicted molar refractivity (Wildman–Crippen MR) is 81.9 cm³/mol. The van der Waals surface area contributed by atoms with E-state index in [1.807, 2.05) is 12.3 Å². The largest absolute Gasteiger partial charge is 0.462 e. The molecule has 2 aliphatic carbocycles. The Balaban J connectivity index is 1.79. The van der Waals surface area contributed by atoms with Crippen LogP contribution in [0, 0.1) is 18.3 Å². The molecule has 2 aromatic heterocycles. The normalized spacial score (nSPS) is 24.9. The number of hydrogen-bond donors (Lipinski definition) is 0. The summed E-state index contributed by atoms with van der Waals surface area (Å²) < 4.78 is 6.80. The van der Waals surface area contributed by atoms with Crippen LogP contribution >= 0.6 is 0 Å². The molecule has 0 aliphatic heterocycles. The van der Waals surface area contributed by atoms with Gasteiger partial charge in [0.05, 0.1) is 28.8 Å². The lowest BCUT2D eigenvalue weighted by molar-refractivity contribution is 0.0525. The molecule has 0 aromatic carbocycles. The standard InChI is InChI=1S/C17H18N2O3/c1-3-22-16(21)12-6-13-14(18-10(12)2)4-5-19(15(13)20)9-17-7-11(17)8-17/h4-6,11H,3,7-9H2,1-2H3. The minimum absolute atomic E-state index is 0.0672. The van der Waals surface area contributed by atoms with Crippen LogP contribution in [0.25, 0.3) is 10.9 Å². The number of aromatic nitrogens is 2. The molecule has 2 aromatic rings. The van der Waals surface area contributed by atoms with Gasteiger partial charge in [-0.2, -0.15) is 0 Å². The Kier molecular flexibility index (Phi) is 2.71. The molecular weight excluding hydrogens is 280 g/mol. The first kappa shape index (κ1) is 13.5. The molecule has 0 bridgehead atoms. The average molecular weight is 298 g/mol. The van der Waals surface area contributed by atoms with E-state index in [1.54, 1.807) is 24.5 Å². The molecule has 4 rings (SSSR count). The van der Waals surface area contributed by atoms with Gasteiger partial charge in [0.25, 0.3) is 5.56 Å². The van der Waals surface area contributed by atoms with Crippen molar-refractivity contribution in [2.45, 2.75) is 33.2 Å². The summed E-state index contributed by atoms with van der Waals surface area (Å²) in [6.07, 6.45) is 4.32. The van der Waals surface area contributed by atoms with Gasteiger partial charge in [-0.05, 0) is 50.2 Å². The molecule has 0 unspecified atom stereocenters. The first-order valence-corrected chi connectivity index (χ1v) is 7.72. The molecular formula is C17H18N2O3. The van der Waals surface area contributed by atoms with Gasteiger partial charge in [0.2, 0.25) is 0 Å². The van der Waals surface area contributed by atoms with Crippen molar-refractivity contribution < 1.29 is 9.53 Å². The number of aryl methyl sites for hydroxylation is 1. The highest BCUT2D eigenvalue weighted by Crippen LogP contribution is 2.75. The fourth-order valence-corrected chi connectivity index (χ4v) is 3.25. The van der Waals surface area contributed by atoms with Gasteiger partial charge in [-0.1, -0.05) is 0 Å². The molecule has 0 atom stereocenters. The van der Waals surface area contributed by atoms with Crippen molar-refractivity contribution in [1.82, 2.24) is 9.55 Å². The van der Waals surface area contributed by atoms with Gasteiger partial charge >= 0.3 is 5.97 Å². The van der Waals surface area contributed by atoms with Crippen molar-refractivity contribution in [2.75, 3.05) is 6.61 Å². The fraction of sp³-hybridized carbons (Fsp3) is 0.471. The summed E-state index contributed by atoms with van der Waals surface area (Å²) in [5, 5.41) is 0.491. The maximum Gasteiger partial charge on any atom is 0.339 e. The number of rotatable bonds is 4. The molecule has 22 heavy (non-hydrogen) atoms. The van der Waals surface area contributed by atoms with Gasteiger partial charge in [0, 0.05) is 12.7 Å². The Bertz CT molecular complexity index is 847. The minimum Gasteiger partial charge on any atom is -0.462 e. The summed E-state index contributed by atoms with van der Waals surface area (Å²) in [5.41, 5.74) is 1.93. The van der Waals surface area contributed by atoms with E-state index in [2.05, 4.69) is 4.98 Å². The number of nitrogens with zero attached hydrogens (tertiary/aromatic N) is 2. The molecule has 2 heterocycles. The summed E-state index contributed by atoms with van der Waals surface area (Å²) >= 11 is 0. The van der Waals surface area contributed by atoms with Crippen LogP contribution in [0.3, 0.4) is 0 Å². The van der Waals surface area contributed by atoms with E-state index in [-0.39, 0.29) is 5.56 Å². The number of carbonyl (C=O) groups is 1. The molecule has 2 fully saturated rings. The average Bonchev–Trinajstić information content (AvgIpc) is 3.32. The molecule has 0 radical (unpaired) electrons. The van der Waals surface area contributed by atoms with Crippen molar-refractivity contribution in [3.05, 3.63) is 39.9 Å². The lowest BCUT2D eigenvalue weighted by Gasteiger charge is -2.11. The van der Waals surface area contributed by atoms with Gasteiger partial charge in [-0.3, -0.25) is 9.78 Å². The van der Waals surface area contributed by atoms with Gasteiger partial charge in [-0.25, -0.2) is 4.79 Å². The van der Waals surface area contributed by atoms with Crippen LogP contribution in [0.5, 0.6) is 0 Å². The summed E-state index contributed by atoms with van der Waals surface area (Å²) in [5.74, 6) is 0.411. The zero-order chi connectivity index (χ0) is 15.5. The Morgan fingerprint density at radius 1 is 1.50 bits per heavy atom. The quantitative estimate of drug-likeness (QED) is 0.813. The van der Waals surface area contributed by atoms with E-state index >= 15 is 0 Å². The van der Waals surface area contributed by atoms with Gasteiger partial charge < -0.3 is 9.30 Å². The second-order valence-electron chi connectivity index (χ2n) is 6.49. The first-order valence-electron chi connectivity index (χ1n) is 7.72. The number of ether oxygens (including phenoxy) is 1. The monoisotopic (exact) mass is 298 g/mol. The lowest BCUT2D eigenvalue weighted by atomic mass is 10.1. The maximum absolute atomic E-state index is 12.7. The Morgan fingerprint density at radius 2 is 2.23 bits per heavy atom. The number of hydrogen-bond acceptors (Lipinski definition) is 4. The van der Waals surface area contributed by atoms with Crippen LogP contribution in [0.4, 0.5) is 0 Å². The van der Waals surface area contributed by atoms with Crippen LogP contribution in [0.2, 0.25) is 0 Å². The Hall–Kier alpha value is -2.17. The highest BCUT2D eigenvalue weighted by Gasteiger charge is 2.69. The first-order chi connectivity index (χ1) is 10.5. The molecule has 5 heteroatoms. The van der Waals surface area contributed by atoms with Crippen LogP contribution in [-0.4, -0.2) is 22.1 Å². The van der Waals surface area contributed by atoms with Crippen molar-refractivity contribution in [3.63, 3.8) is 0 Å². The smallest absolute Gasteiger partial charge is 0.339 e. The highest BCUT2D eigenvalue weighted by molar-refractivity contribution is 5.94. The maximum atomic E-state index is 12.7. The molecule has 0 saturated heterocycles. The molecule has 2 aliphatic rings. The van der Waals surface area contributed by atoms with Crippen molar-refractivity contribution in [1.29, 1.82) is 0 Å². The molecule has 5 nitrogen and oxygen atoms in total. The third-order valence-corrected chi connectivity index (χ3v) is 4.98. The van der Waals surface area contributed by atoms with E-state index in [9.17, 15) is 9.59 Å². The summed E-state index contributed by atoms with van der Waals surface area (Å²) in [6, 6.07) is 3.48. The molecule has 2 saturated carbocycles. The van der Waals surface area contributed by atoms with Crippen LogP contribution in [0.1, 0.15) is 35.8 Å². The van der Waals surface area contributed by atoms with Gasteiger partial charge in [0.15, 0.2) is 0 Å². The zero-order valence-corrected chi connectivity index (χ0v) is 12.8. The number of esters is 1. The van der Waals surface area contributed by atoms with Crippen molar-refractivity contribution in [3.8, 4) is 0 Å². The second-order valence-corrected chi connectivity index (χ2v) is 6.49. The number of pyridine rings is 2. The zero-order valence-electron chi connectivity index (χ0n) is 12.8. The van der Waals surface area contributed by atoms with Crippen LogP contribution in [-0.2, 0) is 11.3 Å². The van der Waals surface area contributed by atoms with E-state index in [4.69, 9.17) is 4.74 Å². The van der Waals surface area contributed by atoms with E-state index in [0.29, 0.717) is 34.2 Å². The highest BCUT2D eigenvalue weighted by atomic mass is 16.5. The van der Waals surface area contributed by atoms with Crippen molar-refractivity contribution >= 4 is 16.9 Å². The molecule has 0 amide bonds. The summed E-state index contributed by atoms with van der Waals surface area (Å²) in [4.78, 5) is 29.0. The Labute approximate surface area is 127 Å². The topological polar surface area (TPSA) is 61.2 Å². The fourth-order valence-electron chi connectivity index (χ4n) is 3.25. The molecule has 114 valence electrons.